The number of aliphatic carboxylic acids is 1. The Morgan fingerprint density at radius 1 is 1.44 bits per heavy atom. The van der Waals surface area contributed by atoms with Crippen LogP contribution < -0.4 is 10.1 Å². The number of carbonyl (C=O) groups excluding carboxylic acids is 2. The van der Waals surface area contributed by atoms with Gasteiger partial charge in [-0.05, 0) is 19.1 Å². The molecule has 2 amide bonds. The highest BCUT2D eigenvalue weighted by atomic mass is 32.2. The van der Waals surface area contributed by atoms with Gasteiger partial charge in [0.1, 0.15) is 24.1 Å². The Bertz CT molecular complexity index is 1080. The molecule has 14 nitrogen and oxygen atoms in total. The van der Waals surface area contributed by atoms with Crippen LogP contribution in [0.3, 0.4) is 0 Å². The first-order valence-corrected chi connectivity index (χ1v) is 10.7. The Hall–Kier alpha value is -3.30. The number of hydrogen-bond acceptors (Lipinski definition) is 9. The van der Waals surface area contributed by atoms with E-state index in [9.17, 15) is 32.9 Å². The maximum Gasteiger partial charge on any atom is 0.325 e. The first-order valence-electron chi connectivity index (χ1n) is 9.26. The van der Waals surface area contributed by atoms with Crippen LogP contribution in [-0.4, -0.2) is 90.6 Å². The van der Waals surface area contributed by atoms with Gasteiger partial charge in [0, 0.05) is 0 Å². The van der Waals surface area contributed by atoms with E-state index in [1.165, 1.54) is 20.1 Å². The van der Waals surface area contributed by atoms with Gasteiger partial charge in [0.15, 0.2) is 4.90 Å². The smallest absolute Gasteiger partial charge is 0.325 e. The molecular formula is C17H20N4O10S. The van der Waals surface area contributed by atoms with Crippen molar-refractivity contribution in [3.05, 3.63) is 28.3 Å². The molecule has 0 unspecified atom stereocenters. The number of methoxy groups -OCH3 is 1. The van der Waals surface area contributed by atoms with Crippen LogP contribution in [0.2, 0.25) is 0 Å². The highest BCUT2D eigenvalue weighted by molar-refractivity contribution is 7.89. The summed E-state index contributed by atoms with van der Waals surface area (Å²) >= 11 is 0. The summed E-state index contributed by atoms with van der Waals surface area (Å²) in [6.45, 7) is 0.147. The predicted octanol–water partition coefficient (Wildman–Crippen LogP) is -1.25. The van der Waals surface area contributed by atoms with Gasteiger partial charge in [-0.25, -0.2) is 8.42 Å². The standard InChI is InChI=1S/C17H20N4O10S/c1-9(17(24)25)18-14(22)6-19-7-15-20(12(8-31-15)16(19)23)32(28,29)13-4-3-10(30-2)5-11(13)21(26)27/h3-5,9,12,15H,6-8H2,1-2H3,(H,18,22)(H,24,25)/t9-,12-,15-/m0/s1. The zero-order chi connectivity index (χ0) is 23.8. The van der Waals surface area contributed by atoms with Crippen molar-refractivity contribution >= 4 is 33.5 Å². The summed E-state index contributed by atoms with van der Waals surface area (Å²) in [5.74, 6) is -2.66. The quantitative estimate of drug-likeness (QED) is 0.342. The van der Waals surface area contributed by atoms with Crippen molar-refractivity contribution in [3.63, 3.8) is 0 Å². The fourth-order valence-corrected chi connectivity index (χ4v) is 5.23. The molecular weight excluding hydrogens is 452 g/mol. The lowest BCUT2D eigenvalue weighted by molar-refractivity contribution is -0.388. The van der Waals surface area contributed by atoms with Crippen molar-refractivity contribution < 1.29 is 42.3 Å². The Morgan fingerprint density at radius 3 is 2.72 bits per heavy atom. The van der Waals surface area contributed by atoms with Crippen molar-refractivity contribution in [2.24, 2.45) is 0 Å². The van der Waals surface area contributed by atoms with Crippen LogP contribution in [0.5, 0.6) is 5.75 Å². The van der Waals surface area contributed by atoms with Crippen LogP contribution in [0.15, 0.2) is 23.1 Å². The molecule has 2 bridgehead atoms. The third-order valence-corrected chi connectivity index (χ3v) is 6.96. The number of carboxylic acids is 1. The average molecular weight is 472 g/mol. The van der Waals surface area contributed by atoms with Crippen molar-refractivity contribution in [2.45, 2.75) is 30.1 Å². The van der Waals surface area contributed by atoms with Gasteiger partial charge in [-0.1, -0.05) is 0 Å². The van der Waals surface area contributed by atoms with Crippen LogP contribution in [0, 0.1) is 10.1 Å². The summed E-state index contributed by atoms with van der Waals surface area (Å²) in [6.07, 6.45) is -1.17. The minimum absolute atomic E-state index is 0.0809. The number of piperazine rings is 1. The summed E-state index contributed by atoms with van der Waals surface area (Å²) in [5.41, 5.74) is -0.722. The number of nitro groups is 1. The lowest BCUT2D eigenvalue weighted by Crippen LogP contribution is -2.61. The van der Waals surface area contributed by atoms with Crippen LogP contribution >= 0.6 is 0 Å². The Kier molecular flexibility index (Phi) is 6.34. The van der Waals surface area contributed by atoms with E-state index in [1.807, 2.05) is 0 Å². The molecule has 174 valence electrons. The highest BCUT2D eigenvalue weighted by Crippen LogP contribution is 2.36. The zero-order valence-corrected chi connectivity index (χ0v) is 17.8. The van der Waals surface area contributed by atoms with Crippen LogP contribution in [0.25, 0.3) is 0 Å². The van der Waals surface area contributed by atoms with Gasteiger partial charge in [-0.3, -0.25) is 24.5 Å². The summed E-state index contributed by atoms with van der Waals surface area (Å²) in [6, 6.07) is 0.715. The molecule has 0 radical (unpaired) electrons. The van der Waals surface area contributed by atoms with Gasteiger partial charge in [-0.2, -0.15) is 4.31 Å². The number of carbonyl (C=O) groups is 3. The number of fused-ring (bicyclic) bond motifs is 2. The summed E-state index contributed by atoms with van der Waals surface area (Å²) in [4.78, 5) is 46.8. The SMILES string of the molecule is COc1ccc(S(=O)(=O)N2[C@@H]3CN(CC(=O)N[C@@H](C)C(=O)O)C(=O)[C@@H]2CO3)c([N+](=O)[O-])c1. The number of nitrogens with zero attached hydrogens (tertiary/aromatic N) is 3. The topological polar surface area (TPSA) is 186 Å². The largest absolute Gasteiger partial charge is 0.497 e. The number of amides is 2. The molecule has 1 aromatic rings. The van der Waals surface area contributed by atoms with Gasteiger partial charge in [0.05, 0.1) is 37.8 Å². The molecule has 0 aromatic heterocycles. The van der Waals surface area contributed by atoms with Crippen molar-refractivity contribution in [3.8, 4) is 5.75 Å². The number of hydrogen-bond donors (Lipinski definition) is 2. The van der Waals surface area contributed by atoms with Crippen LogP contribution in [0.1, 0.15) is 6.92 Å². The molecule has 2 saturated heterocycles. The molecule has 2 N–H and O–H groups in total. The fraction of sp³-hybridized carbons (Fsp3) is 0.471. The third-order valence-electron chi connectivity index (χ3n) is 5.01. The van der Waals surface area contributed by atoms with Gasteiger partial charge in [0.25, 0.3) is 15.7 Å². The molecule has 0 aliphatic carbocycles. The number of nitrogens with one attached hydrogen (secondary N) is 1. The lowest BCUT2D eigenvalue weighted by Gasteiger charge is -2.37. The second-order valence-electron chi connectivity index (χ2n) is 7.08. The van der Waals surface area contributed by atoms with Gasteiger partial charge in [-0.15, -0.1) is 0 Å². The Balaban J connectivity index is 1.85. The number of carboxylic acid groups (broad SMARTS) is 1. The van der Waals surface area contributed by atoms with E-state index in [1.54, 1.807) is 0 Å². The van der Waals surface area contributed by atoms with E-state index in [0.717, 1.165) is 21.3 Å². The van der Waals surface area contributed by atoms with E-state index < -0.39 is 68.2 Å². The van der Waals surface area contributed by atoms with Gasteiger partial charge in [0.2, 0.25) is 11.8 Å². The molecule has 0 saturated carbocycles. The van der Waals surface area contributed by atoms with E-state index in [-0.39, 0.29) is 18.9 Å². The van der Waals surface area contributed by atoms with Crippen molar-refractivity contribution in [1.82, 2.24) is 14.5 Å². The highest BCUT2D eigenvalue weighted by Gasteiger charge is 2.54. The average Bonchev–Trinajstić information content (AvgIpc) is 3.09. The summed E-state index contributed by atoms with van der Waals surface area (Å²) in [5, 5.41) is 22.5. The van der Waals surface area contributed by atoms with Gasteiger partial charge < -0.3 is 24.8 Å². The van der Waals surface area contributed by atoms with Crippen LogP contribution in [-0.2, 0) is 29.1 Å². The molecule has 2 aliphatic heterocycles. The molecule has 3 atom stereocenters. The zero-order valence-electron chi connectivity index (χ0n) is 17.0. The summed E-state index contributed by atoms with van der Waals surface area (Å²) in [7, 11) is -3.26. The monoisotopic (exact) mass is 472 g/mol. The maximum absolute atomic E-state index is 13.3. The van der Waals surface area contributed by atoms with Crippen molar-refractivity contribution in [2.75, 3.05) is 26.8 Å². The first kappa shape index (κ1) is 23.4. The predicted molar refractivity (Wildman–Crippen MR) is 104 cm³/mol. The first-order chi connectivity index (χ1) is 15.0. The number of ether oxygens (including phenoxy) is 2. The molecule has 1 aromatic carbocycles. The molecule has 3 rings (SSSR count). The second kappa shape index (κ2) is 8.68. The molecule has 2 fully saturated rings. The molecule has 0 spiro atoms. The number of nitro benzene ring substituents is 1. The number of rotatable bonds is 8. The molecule has 2 aliphatic rings. The van der Waals surface area contributed by atoms with E-state index in [0.29, 0.717) is 0 Å². The van der Waals surface area contributed by atoms with E-state index in [2.05, 4.69) is 5.32 Å². The third kappa shape index (κ3) is 4.21. The minimum Gasteiger partial charge on any atom is -0.497 e. The Labute approximate surface area is 181 Å². The second-order valence-corrected chi connectivity index (χ2v) is 8.89. The van der Waals surface area contributed by atoms with E-state index >= 15 is 0 Å². The normalized spacial score (nSPS) is 21.8. The fourth-order valence-electron chi connectivity index (χ4n) is 3.44. The molecule has 32 heavy (non-hydrogen) atoms. The lowest BCUT2D eigenvalue weighted by atomic mass is 10.2. The maximum atomic E-state index is 13.3. The summed E-state index contributed by atoms with van der Waals surface area (Å²) < 4.78 is 37.6. The van der Waals surface area contributed by atoms with Gasteiger partial charge >= 0.3 is 5.97 Å². The van der Waals surface area contributed by atoms with E-state index in [4.69, 9.17) is 14.6 Å². The number of benzene rings is 1. The Morgan fingerprint density at radius 2 is 2.12 bits per heavy atom. The minimum atomic E-state index is -4.53. The number of sulfonamides is 1. The molecule has 15 heteroatoms. The molecule has 2 heterocycles. The van der Waals surface area contributed by atoms with Crippen LogP contribution in [0.4, 0.5) is 5.69 Å². The van der Waals surface area contributed by atoms with Crippen molar-refractivity contribution in [1.29, 1.82) is 0 Å².